The van der Waals surface area contributed by atoms with Gasteiger partial charge in [0.05, 0.1) is 19.8 Å². The van der Waals surface area contributed by atoms with Gasteiger partial charge in [-0.05, 0) is 38.5 Å². The summed E-state index contributed by atoms with van der Waals surface area (Å²) in [6.45, 7) is 4.94. The van der Waals surface area contributed by atoms with Crippen molar-refractivity contribution >= 4 is 13.8 Å². The number of hydrogen-bond donors (Lipinski definition) is 2. The van der Waals surface area contributed by atoms with Gasteiger partial charge in [0.1, 0.15) is 6.10 Å². The molecule has 0 bridgehead atoms. The Morgan fingerprint density at radius 3 is 1.45 bits per heavy atom. The van der Waals surface area contributed by atoms with Gasteiger partial charge < -0.3 is 20.1 Å². The predicted octanol–water partition coefficient (Wildman–Crippen LogP) is 12.7. The molecular formula is C42H84NO7P. The van der Waals surface area contributed by atoms with Gasteiger partial charge in [0.25, 0.3) is 0 Å². The van der Waals surface area contributed by atoms with Gasteiger partial charge in [-0.1, -0.05) is 180 Å². The molecule has 0 aliphatic rings. The molecule has 0 aromatic carbocycles. The second-order valence-corrected chi connectivity index (χ2v) is 16.0. The minimum absolute atomic E-state index is 0.0938. The van der Waals surface area contributed by atoms with Crippen LogP contribution in [-0.4, -0.2) is 49.9 Å². The molecule has 0 heterocycles. The van der Waals surface area contributed by atoms with Crippen molar-refractivity contribution in [3.8, 4) is 0 Å². The van der Waals surface area contributed by atoms with E-state index in [2.05, 4.69) is 26.0 Å². The molecule has 2 unspecified atom stereocenters. The van der Waals surface area contributed by atoms with Crippen molar-refractivity contribution in [3.63, 3.8) is 0 Å². The van der Waals surface area contributed by atoms with E-state index in [4.69, 9.17) is 24.3 Å². The summed E-state index contributed by atoms with van der Waals surface area (Å²) in [6, 6.07) is 0. The van der Waals surface area contributed by atoms with Crippen molar-refractivity contribution in [2.45, 2.75) is 219 Å². The maximum absolute atomic E-state index is 12.5. The van der Waals surface area contributed by atoms with Gasteiger partial charge in [-0.15, -0.1) is 0 Å². The molecule has 0 fully saturated rings. The van der Waals surface area contributed by atoms with Crippen LogP contribution in [0.1, 0.15) is 213 Å². The van der Waals surface area contributed by atoms with Gasteiger partial charge >= 0.3 is 13.8 Å². The Hall–Kier alpha value is -0.760. The molecule has 304 valence electrons. The van der Waals surface area contributed by atoms with E-state index in [0.717, 1.165) is 44.9 Å². The highest BCUT2D eigenvalue weighted by Crippen LogP contribution is 2.43. The summed E-state index contributed by atoms with van der Waals surface area (Å²) in [7, 11) is -4.27. The van der Waals surface area contributed by atoms with Gasteiger partial charge in [0.2, 0.25) is 0 Å². The second kappa shape index (κ2) is 40.4. The molecule has 0 aliphatic heterocycles. The minimum atomic E-state index is -4.27. The molecule has 0 amide bonds. The van der Waals surface area contributed by atoms with Gasteiger partial charge in [-0.3, -0.25) is 13.8 Å². The van der Waals surface area contributed by atoms with Crippen LogP contribution in [0.2, 0.25) is 0 Å². The van der Waals surface area contributed by atoms with E-state index >= 15 is 0 Å². The summed E-state index contributed by atoms with van der Waals surface area (Å²) in [6.07, 6.45) is 42.3. The Morgan fingerprint density at radius 1 is 0.569 bits per heavy atom. The SMILES string of the molecule is CCCCCC/C=C\CCCCCCCC(=O)OC(COCCCCCCCCCCCCCCCCCCCCC)COP(=O)(O)OCCN. The maximum Gasteiger partial charge on any atom is 0.472 e. The first kappa shape index (κ1) is 50.2. The van der Waals surface area contributed by atoms with Gasteiger partial charge in [-0.25, -0.2) is 4.57 Å². The number of unbranched alkanes of at least 4 members (excludes halogenated alkanes) is 27. The Bertz CT molecular complexity index is 797. The lowest BCUT2D eigenvalue weighted by molar-refractivity contribution is -0.154. The number of nitrogens with two attached hydrogens (primary N) is 1. The summed E-state index contributed by atoms with van der Waals surface area (Å²) in [5.74, 6) is -0.336. The van der Waals surface area contributed by atoms with Crippen LogP contribution in [0.3, 0.4) is 0 Å². The van der Waals surface area contributed by atoms with E-state index in [9.17, 15) is 14.3 Å². The first-order valence-corrected chi connectivity index (χ1v) is 23.2. The molecule has 0 aliphatic carbocycles. The van der Waals surface area contributed by atoms with Crippen LogP contribution in [0.25, 0.3) is 0 Å². The van der Waals surface area contributed by atoms with Crippen LogP contribution in [0.15, 0.2) is 12.2 Å². The molecule has 51 heavy (non-hydrogen) atoms. The van der Waals surface area contributed by atoms with Crippen LogP contribution < -0.4 is 5.73 Å². The van der Waals surface area contributed by atoms with Gasteiger partial charge in [0.15, 0.2) is 0 Å². The topological polar surface area (TPSA) is 117 Å². The fraction of sp³-hybridized carbons (Fsp3) is 0.929. The fourth-order valence-electron chi connectivity index (χ4n) is 6.23. The molecule has 0 radical (unpaired) electrons. The number of allylic oxidation sites excluding steroid dienone is 2. The van der Waals surface area contributed by atoms with Crippen molar-refractivity contribution < 1.29 is 32.8 Å². The summed E-state index contributed by atoms with van der Waals surface area (Å²) >= 11 is 0. The lowest BCUT2D eigenvalue weighted by atomic mass is 10.0. The highest BCUT2D eigenvalue weighted by Gasteiger charge is 2.25. The number of ether oxygens (including phenoxy) is 2. The monoisotopic (exact) mass is 746 g/mol. The quantitative estimate of drug-likeness (QED) is 0.0274. The third kappa shape index (κ3) is 40.3. The third-order valence-corrected chi connectivity index (χ3v) is 10.4. The lowest BCUT2D eigenvalue weighted by Crippen LogP contribution is -2.28. The van der Waals surface area contributed by atoms with Crippen molar-refractivity contribution in [2.75, 3.05) is 33.0 Å². The van der Waals surface area contributed by atoms with E-state index < -0.39 is 13.9 Å². The third-order valence-electron chi connectivity index (χ3n) is 9.43. The number of phosphoric ester groups is 1. The molecule has 8 nitrogen and oxygen atoms in total. The van der Waals surface area contributed by atoms with E-state index in [0.29, 0.717) is 13.0 Å². The zero-order valence-electron chi connectivity index (χ0n) is 33.6. The molecule has 0 saturated heterocycles. The molecule has 0 aromatic rings. The minimum Gasteiger partial charge on any atom is -0.457 e. The van der Waals surface area contributed by atoms with Crippen LogP contribution >= 0.6 is 7.82 Å². The molecule has 2 atom stereocenters. The highest BCUT2D eigenvalue weighted by molar-refractivity contribution is 7.47. The van der Waals surface area contributed by atoms with Gasteiger partial charge in [-0.2, -0.15) is 0 Å². The second-order valence-electron chi connectivity index (χ2n) is 14.6. The highest BCUT2D eigenvalue weighted by atomic mass is 31.2. The summed E-state index contributed by atoms with van der Waals surface area (Å²) < 4.78 is 33.4. The molecule has 0 spiro atoms. The summed E-state index contributed by atoms with van der Waals surface area (Å²) in [5, 5.41) is 0. The smallest absolute Gasteiger partial charge is 0.457 e. The maximum atomic E-state index is 12.5. The van der Waals surface area contributed by atoms with Crippen LogP contribution in [-0.2, 0) is 27.9 Å². The number of hydrogen-bond acceptors (Lipinski definition) is 7. The first-order chi connectivity index (χ1) is 24.9. The van der Waals surface area contributed by atoms with Gasteiger partial charge in [0, 0.05) is 19.6 Å². The number of esters is 1. The molecule has 9 heteroatoms. The average molecular weight is 746 g/mol. The number of carbonyl (C=O) groups is 1. The first-order valence-electron chi connectivity index (χ1n) is 21.7. The molecule has 3 N–H and O–H groups in total. The lowest BCUT2D eigenvalue weighted by Gasteiger charge is -2.20. The zero-order valence-corrected chi connectivity index (χ0v) is 34.5. The number of carbonyl (C=O) groups excluding carboxylic acids is 1. The normalized spacial score (nSPS) is 13.6. The summed E-state index contributed by atoms with van der Waals surface area (Å²) in [5.41, 5.74) is 5.36. The Morgan fingerprint density at radius 2 is 0.980 bits per heavy atom. The van der Waals surface area contributed by atoms with Crippen molar-refractivity contribution in [3.05, 3.63) is 12.2 Å². The van der Waals surface area contributed by atoms with E-state index in [-0.39, 0.29) is 32.3 Å². The Kier molecular flexibility index (Phi) is 39.8. The molecule has 0 aromatic heterocycles. The fourth-order valence-corrected chi connectivity index (χ4v) is 6.99. The van der Waals surface area contributed by atoms with E-state index in [1.54, 1.807) is 0 Å². The van der Waals surface area contributed by atoms with Crippen LogP contribution in [0.5, 0.6) is 0 Å². The van der Waals surface area contributed by atoms with E-state index in [1.807, 2.05) is 0 Å². The Balaban J connectivity index is 3.97. The van der Waals surface area contributed by atoms with Crippen LogP contribution in [0.4, 0.5) is 0 Å². The molecule has 0 rings (SSSR count). The van der Waals surface area contributed by atoms with E-state index in [1.165, 1.54) is 148 Å². The predicted molar refractivity (Wildman–Crippen MR) is 215 cm³/mol. The number of phosphoric acid groups is 1. The van der Waals surface area contributed by atoms with Crippen molar-refractivity contribution in [1.82, 2.24) is 0 Å². The number of rotatable bonds is 42. The Labute approximate surface area is 315 Å². The van der Waals surface area contributed by atoms with Crippen molar-refractivity contribution in [2.24, 2.45) is 5.73 Å². The standard InChI is InChI=1S/C42H84NO7P/c1-3-5-7-9-11-13-15-17-18-19-20-21-22-24-26-28-30-32-34-37-47-39-41(40-49-51(45,46)48-38-36-43)50-42(44)35-33-31-29-27-25-23-16-14-12-10-8-6-4-2/h14,16,41H,3-13,15,17-40,43H2,1-2H3,(H,45,46)/b16-14-. The van der Waals surface area contributed by atoms with Crippen molar-refractivity contribution in [1.29, 1.82) is 0 Å². The molecule has 0 saturated carbocycles. The average Bonchev–Trinajstić information content (AvgIpc) is 3.12. The molecular weight excluding hydrogens is 661 g/mol. The van der Waals surface area contributed by atoms with Crippen LogP contribution in [0, 0.1) is 0 Å². The summed E-state index contributed by atoms with van der Waals surface area (Å²) in [4.78, 5) is 22.4. The largest absolute Gasteiger partial charge is 0.472 e. The zero-order chi connectivity index (χ0) is 37.4.